The van der Waals surface area contributed by atoms with Crippen molar-refractivity contribution >= 4 is 18.2 Å². The summed E-state index contributed by atoms with van der Waals surface area (Å²) in [6.45, 7) is 5.58. The third-order valence-electron chi connectivity index (χ3n) is 7.02. The molecule has 39 heavy (non-hydrogen) atoms. The van der Waals surface area contributed by atoms with E-state index >= 15 is 0 Å². The fourth-order valence-corrected chi connectivity index (χ4v) is 5.17. The number of hydrogen-bond acceptors (Lipinski definition) is 7. The van der Waals surface area contributed by atoms with E-state index in [4.69, 9.17) is 18.9 Å². The van der Waals surface area contributed by atoms with Crippen molar-refractivity contribution in [3.63, 3.8) is 0 Å². The summed E-state index contributed by atoms with van der Waals surface area (Å²) in [5.41, 5.74) is 3.94. The number of esters is 1. The molecule has 0 aliphatic heterocycles. The van der Waals surface area contributed by atoms with E-state index in [2.05, 4.69) is 22.8 Å². The third-order valence-corrected chi connectivity index (χ3v) is 7.02. The molecule has 2 aliphatic rings. The van der Waals surface area contributed by atoms with Crippen LogP contribution >= 0.6 is 0 Å². The summed E-state index contributed by atoms with van der Waals surface area (Å²) in [7, 11) is 1.27. The number of amides is 2. The van der Waals surface area contributed by atoms with Crippen LogP contribution in [-0.2, 0) is 23.7 Å². The SMILES string of the molecule is COC(=O)[C@H](COC1CCC(NC(=O)OC(C)(C)C)CC1)NC(=O)OCC1c2ccccc2-c2ccccc21. The zero-order valence-electron chi connectivity index (χ0n) is 23.0. The second-order valence-electron chi connectivity index (χ2n) is 11.0. The van der Waals surface area contributed by atoms with Crippen molar-refractivity contribution in [1.82, 2.24) is 10.6 Å². The molecule has 0 unspecified atom stereocenters. The largest absolute Gasteiger partial charge is 0.467 e. The van der Waals surface area contributed by atoms with Gasteiger partial charge in [-0.1, -0.05) is 48.5 Å². The van der Waals surface area contributed by atoms with Gasteiger partial charge in [-0.3, -0.25) is 0 Å². The topological polar surface area (TPSA) is 112 Å². The Balaban J connectivity index is 1.25. The summed E-state index contributed by atoms with van der Waals surface area (Å²) in [4.78, 5) is 37.1. The molecule has 0 aromatic heterocycles. The maximum Gasteiger partial charge on any atom is 0.407 e. The molecule has 0 saturated heterocycles. The van der Waals surface area contributed by atoms with Crippen molar-refractivity contribution in [2.24, 2.45) is 0 Å². The van der Waals surface area contributed by atoms with Gasteiger partial charge in [0.25, 0.3) is 0 Å². The highest BCUT2D eigenvalue weighted by Gasteiger charge is 2.31. The van der Waals surface area contributed by atoms with Gasteiger partial charge >= 0.3 is 18.2 Å². The second kappa shape index (κ2) is 12.5. The van der Waals surface area contributed by atoms with Crippen LogP contribution in [0.15, 0.2) is 48.5 Å². The monoisotopic (exact) mass is 538 g/mol. The maximum atomic E-state index is 12.7. The Labute approximate surface area is 229 Å². The van der Waals surface area contributed by atoms with E-state index in [1.807, 2.05) is 57.2 Å². The number of nitrogens with one attached hydrogen (secondary N) is 2. The van der Waals surface area contributed by atoms with Crippen molar-refractivity contribution in [1.29, 1.82) is 0 Å². The van der Waals surface area contributed by atoms with E-state index in [1.54, 1.807) is 0 Å². The van der Waals surface area contributed by atoms with Gasteiger partial charge < -0.3 is 29.6 Å². The fraction of sp³-hybridized carbons (Fsp3) is 0.500. The van der Waals surface area contributed by atoms with Gasteiger partial charge in [-0.25, -0.2) is 14.4 Å². The first-order valence-electron chi connectivity index (χ1n) is 13.4. The fourth-order valence-electron chi connectivity index (χ4n) is 5.17. The van der Waals surface area contributed by atoms with Crippen LogP contribution in [0.25, 0.3) is 11.1 Å². The molecule has 0 heterocycles. The first-order valence-corrected chi connectivity index (χ1v) is 13.4. The highest BCUT2D eigenvalue weighted by Crippen LogP contribution is 2.44. The summed E-state index contributed by atoms with van der Waals surface area (Å²) in [5.74, 6) is -0.691. The molecule has 210 valence electrons. The molecule has 2 amide bonds. The molecule has 0 radical (unpaired) electrons. The minimum atomic E-state index is -0.997. The maximum absolute atomic E-state index is 12.7. The van der Waals surface area contributed by atoms with Gasteiger partial charge in [-0.15, -0.1) is 0 Å². The molecule has 4 rings (SSSR count). The minimum Gasteiger partial charge on any atom is -0.467 e. The van der Waals surface area contributed by atoms with Crippen LogP contribution in [0.2, 0.25) is 0 Å². The molecule has 2 aromatic rings. The first-order chi connectivity index (χ1) is 18.6. The zero-order chi connectivity index (χ0) is 28.0. The van der Waals surface area contributed by atoms with E-state index in [9.17, 15) is 14.4 Å². The Hall–Kier alpha value is -3.59. The highest BCUT2D eigenvalue weighted by molar-refractivity contribution is 5.82. The van der Waals surface area contributed by atoms with Gasteiger partial charge in [0.2, 0.25) is 0 Å². The zero-order valence-corrected chi connectivity index (χ0v) is 23.0. The van der Waals surface area contributed by atoms with Crippen molar-refractivity contribution < 1.29 is 33.3 Å². The molecule has 1 saturated carbocycles. The lowest BCUT2D eigenvalue weighted by Gasteiger charge is -2.30. The van der Waals surface area contributed by atoms with E-state index in [0.29, 0.717) is 12.8 Å². The molecule has 1 fully saturated rings. The summed E-state index contributed by atoms with van der Waals surface area (Å²) in [6, 6.07) is 15.2. The molecular weight excluding hydrogens is 500 g/mol. The predicted octanol–water partition coefficient (Wildman–Crippen LogP) is 4.92. The van der Waals surface area contributed by atoms with Crippen LogP contribution in [0.4, 0.5) is 9.59 Å². The second-order valence-corrected chi connectivity index (χ2v) is 11.0. The van der Waals surface area contributed by atoms with Crippen molar-refractivity contribution in [3.05, 3.63) is 59.7 Å². The number of hydrogen-bond donors (Lipinski definition) is 2. The lowest BCUT2D eigenvalue weighted by Crippen LogP contribution is -2.46. The summed E-state index contributed by atoms with van der Waals surface area (Å²) in [6.07, 6.45) is 1.64. The van der Waals surface area contributed by atoms with Crippen LogP contribution in [0.1, 0.15) is 63.5 Å². The van der Waals surface area contributed by atoms with Crippen molar-refractivity contribution in [2.45, 2.75) is 76.2 Å². The normalized spacial score (nSPS) is 19.3. The van der Waals surface area contributed by atoms with Crippen LogP contribution in [-0.4, -0.2) is 62.3 Å². The molecule has 0 bridgehead atoms. The number of ether oxygens (including phenoxy) is 4. The number of carbonyl (C=O) groups excluding carboxylic acids is 3. The lowest BCUT2D eigenvalue weighted by molar-refractivity contribution is -0.145. The van der Waals surface area contributed by atoms with Crippen LogP contribution in [0.5, 0.6) is 0 Å². The average Bonchev–Trinajstić information content (AvgIpc) is 3.22. The number of carbonyl (C=O) groups is 3. The molecule has 9 nitrogen and oxygen atoms in total. The van der Waals surface area contributed by atoms with E-state index in [0.717, 1.165) is 35.1 Å². The summed E-state index contributed by atoms with van der Waals surface area (Å²) in [5, 5.41) is 5.50. The molecule has 1 atom stereocenters. The standard InChI is InChI=1S/C30H38N2O7/c1-30(2,3)39-29(35)31-19-13-15-20(16-14-19)37-18-26(27(33)36-4)32-28(34)38-17-25-23-11-7-5-9-21(23)22-10-6-8-12-24(22)25/h5-12,19-20,25-26H,13-18H2,1-4H3,(H,31,35)(H,32,34)/t19?,20?,26-/m0/s1. The Bertz CT molecular complexity index is 1120. The molecular formula is C30H38N2O7. The van der Waals surface area contributed by atoms with Gasteiger partial charge in [-0.05, 0) is 68.7 Å². The average molecular weight is 539 g/mol. The van der Waals surface area contributed by atoms with Crippen molar-refractivity contribution in [3.8, 4) is 11.1 Å². The van der Waals surface area contributed by atoms with E-state index in [-0.39, 0.29) is 31.3 Å². The van der Waals surface area contributed by atoms with Gasteiger partial charge in [-0.2, -0.15) is 0 Å². The Morgan fingerprint density at radius 1 is 0.897 bits per heavy atom. The Kier molecular flexibility index (Phi) is 9.12. The smallest absolute Gasteiger partial charge is 0.407 e. The number of rotatable bonds is 8. The Morgan fingerprint density at radius 3 is 2.05 bits per heavy atom. The summed E-state index contributed by atoms with van der Waals surface area (Å²) >= 11 is 0. The van der Waals surface area contributed by atoms with Crippen LogP contribution in [0, 0.1) is 0 Å². The van der Waals surface area contributed by atoms with Gasteiger partial charge in [0, 0.05) is 12.0 Å². The molecule has 9 heteroatoms. The quantitative estimate of drug-likeness (QED) is 0.362. The van der Waals surface area contributed by atoms with E-state index in [1.165, 1.54) is 7.11 Å². The molecule has 2 aliphatic carbocycles. The van der Waals surface area contributed by atoms with Gasteiger partial charge in [0.1, 0.15) is 12.2 Å². The number of fused-ring (bicyclic) bond motifs is 3. The van der Waals surface area contributed by atoms with E-state index < -0.39 is 29.8 Å². The summed E-state index contributed by atoms with van der Waals surface area (Å²) < 4.78 is 21.7. The Morgan fingerprint density at radius 2 is 1.49 bits per heavy atom. The molecule has 0 spiro atoms. The number of alkyl carbamates (subject to hydrolysis) is 2. The molecule has 2 N–H and O–H groups in total. The third kappa shape index (κ3) is 7.50. The van der Waals surface area contributed by atoms with Gasteiger partial charge in [0.15, 0.2) is 6.04 Å². The minimum absolute atomic E-state index is 0.00931. The highest BCUT2D eigenvalue weighted by atomic mass is 16.6. The number of benzene rings is 2. The number of methoxy groups -OCH3 is 1. The lowest BCUT2D eigenvalue weighted by atomic mass is 9.93. The van der Waals surface area contributed by atoms with Crippen molar-refractivity contribution in [2.75, 3.05) is 20.3 Å². The first kappa shape index (κ1) is 28.4. The van der Waals surface area contributed by atoms with Crippen LogP contribution < -0.4 is 10.6 Å². The van der Waals surface area contributed by atoms with Gasteiger partial charge in [0.05, 0.1) is 19.8 Å². The predicted molar refractivity (Wildman–Crippen MR) is 145 cm³/mol. The van der Waals surface area contributed by atoms with Crippen LogP contribution in [0.3, 0.4) is 0 Å². The molecule has 2 aromatic carbocycles.